The van der Waals surface area contributed by atoms with Gasteiger partial charge in [-0.1, -0.05) is 36.4 Å². The Morgan fingerprint density at radius 1 is 1.50 bits per heavy atom. The molecule has 1 heteroatoms. The number of hydrogen-bond acceptors (Lipinski definition) is 0. The molecule has 1 rings (SSSR count). The molecule has 0 aromatic heterocycles. The number of alkyl halides is 1. The summed E-state index contributed by atoms with van der Waals surface area (Å²) in [6.45, 7) is 4.73. The molecule has 0 radical (unpaired) electrons. The van der Waals surface area contributed by atoms with Crippen molar-refractivity contribution < 1.29 is 0 Å². The third-order valence-electron chi connectivity index (χ3n) is 1.91. The Labute approximate surface area is 65.2 Å². The van der Waals surface area contributed by atoms with Crippen molar-refractivity contribution in [3.63, 3.8) is 0 Å². The number of halogens is 1. The van der Waals surface area contributed by atoms with Crippen LogP contribution in [-0.2, 0) is 0 Å². The van der Waals surface area contributed by atoms with E-state index in [4.69, 9.17) is 0 Å². The van der Waals surface area contributed by atoms with Crippen LogP contribution in [0.4, 0.5) is 0 Å². The Morgan fingerprint density at radius 3 is 2.25 bits per heavy atom. The number of hydrogen-bond donors (Lipinski definition) is 0. The quantitative estimate of drug-likeness (QED) is 0.438. The van der Waals surface area contributed by atoms with Gasteiger partial charge in [-0.05, 0) is 24.7 Å². The predicted octanol–water partition coefficient (Wildman–Crippen LogP) is 3.00. The van der Waals surface area contributed by atoms with Crippen molar-refractivity contribution in [2.75, 3.05) is 0 Å². The second-order valence-corrected chi connectivity index (χ2v) is 5.27. The van der Waals surface area contributed by atoms with Crippen LogP contribution in [0.1, 0.15) is 33.1 Å². The van der Waals surface area contributed by atoms with E-state index in [0.29, 0.717) is 5.41 Å². The molecule has 1 atom stereocenters. The topological polar surface area (TPSA) is 0 Å². The number of rotatable bonds is 0. The molecule has 0 aliphatic heterocycles. The average Bonchev–Trinajstić information content (AvgIpc) is 1.82. The van der Waals surface area contributed by atoms with Gasteiger partial charge in [0.05, 0.1) is 0 Å². The maximum atomic E-state index is 2.56. The summed E-state index contributed by atoms with van der Waals surface area (Å²) in [5.74, 6) is 0. The van der Waals surface area contributed by atoms with E-state index < -0.39 is 0 Å². The highest BCUT2D eigenvalue weighted by Gasteiger charge is 2.28. The fourth-order valence-corrected chi connectivity index (χ4v) is 2.85. The van der Waals surface area contributed by atoms with Crippen molar-refractivity contribution in [3.8, 4) is 0 Å². The van der Waals surface area contributed by atoms with Crippen LogP contribution >= 0.6 is 22.6 Å². The summed E-state index contributed by atoms with van der Waals surface area (Å²) in [7, 11) is 0. The molecule has 48 valence electrons. The van der Waals surface area contributed by atoms with Crippen LogP contribution in [0.25, 0.3) is 0 Å². The molecule has 8 heavy (non-hydrogen) atoms. The average molecular weight is 224 g/mol. The van der Waals surface area contributed by atoms with Crippen molar-refractivity contribution >= 4 is 22.6 Å². The van der Waals surface area contributed by atoms with E-state index in [0.717, 1.165) is 3.92 Å². The van der Waals surface area contributed by atoms with Crippen LogP contribution in [-0.4, -0.2) is 3.92 Å². The SMILES string of the molecule is CC1(C)CCC(I)C1. The minimum absolute atomic E-state index is 0.659. The van der Waals surface area contributed by atoms with Gasteiger partial charge >= 0.3 is 0 Å². The molecular weight excluding hydrogens is 211 g/mol. The summed E-state index contributed by atoms with van der Waals surface area (Å²) in [5.41, 5.74) is 0.659. The maximum absolute atomic E-state index is 2.56. The minimum atomic E-state index is 0.659. The van der Waals surface area contributed by atoms with Gasteiger partial charge in [0.15, 0.2) is 0 Å². The van der Waals surface area contributed by atoms with Gasteiger partial charge in [0.2, 0.25) is 0 Å². The molecule has 0 heterocycles. The molecule has 0 aromatic carbocycles. The molecule has 0 nitrogen and oxygen atoms in total. The van der Waals surface area contributed by atoms with Crippen molar-refractivity contribution in [3.05, 3.63) is 0 Å². The molecule has 0 N–H and O–H groups in total. The first-order valence-corrected chi connectivity index (χ1v) is 4.49. The molecular formula is C7H13I. The molecule has 0 bridgehead atoms. The van der Waals surface area contributed by atoms with Crippen LogP contribution in [0.5, 0.6) is 0 Å². The lowest BCUT2D eigenvalue weighted by molar-refractivity contribution is 0.384. The Kier molecular flexibility index (Phi) is 1.85. The normalized spacial score (nSPS) is 35.6. The van der Waals surface area contributed by atoms with Crippen LogP contribution in [0.3, 0.4) is 0 Å². The highest BCUT2D eigenvalue weighted by molar-refractivity contribution is 14.1. The zero-order valence-corrected chi connectivity index (χ0v) is 7.73. The maximum Gasteiger partial charge on any atom is 0.0115 e. The Bertz CT molecular complexity index is 86.4. The van der Waals surface area contributed by atoms with Crippen LogP contribution in [0.2, 0.25) is 0 Å². The van der Waals surface area contributed by atoms with Crippen molar-refractivity contribution in [2.24, 2.45) is 5.41 Å². The third-order valence-corrected chi connectivity index (χ3v) is 2.97. The molecule has 0 spiro atoms. The Balaban J connectivity index is 2.44. The molecule has 0 saturated heterocycles. The lowest BCUT2D eigenvalue weighted by Gasteiger charge is -2.14. The summed E-state index contributed by atoms with van der Waals surface area (Å²) in [4.78, 5) is 0. The molecule has 1 aliphatic rings. The molecule has 0 amide bonds. The van der Waals surface area contributed by atoms with Crippen LogP contribution < -0.4 is 0 Å². The van der Waals surface area contributed by atoms with Gasteiger partial charge in [-0.2, -0.15) is 0 Å². The summed E-state index contributed by atoms with van der Waals surface area (Å²) in [6.07, 6.45) is 4.29. The van der Waals surface area contributed by atoms with E-state index in [1.807, 2.05) is 0 Å². The summed E-state index contributed by atoms with van der Waals surface area (Å²) in [5, 5.41) is 0. The second kappa shape index (κ2) is 2.16. The lowest BCUT2D eigenvalue weighted by atomic mass is 9.92. The van der Waals surface area contributed by atoms with Gasteiger partial charge in [0, 0.05) is 3.92 Å². The van der Waals surface area contributed by atoms with Crippen molar-refractivity contribution in [1.82, 2.24) is 0 Å². The molecule has 1 aliphatic carbocycles. The minimum Gasteiger partial charge on any atom is -0.0826 e. The highest BCUT2D eigenvalue weighted by Crippen LogP contribution is 2.40. The zero-order valence-electron chi connectivity index (χ0n) is 5.58. The fourth-order valence-electron chi connectivity index (χ4n) is 1.35. The van der Waals surface area contributed by atoms with Gasteiger partial charge in [0.1, 0.15) is 0 Å². The molecule has 1 unspecified atom stereocenters. The second-order valence-electron chi connectivity index (χ2n) is 3.50. The predicted molar refractivity (Wildman–Crippen MR) is 45.4 cm³/mol. The lowest BCUT2D eigenvalue weighted by Crippen LogP contribution is -2.04. The molecule has 1 saturated carbocycles. The summed E-state index contributed by atoms with van der Waals surface area (Å²) < 4.78 is 0.961. The van der Waals surface area contributed by atoms with Crippen molar-refractivity contribution in [1.29, 1.82) is 0 Å². The zero-order chi connectivity index (χ0) is 6.20. The Morgan fingerprint density at radius 2 is 2.12 bits per heavy atom. The first-order chi connectivity index (χ1) is 3.60. The smallest absolute Gasteiger partial charge is 0.0115 e. The Hall–Kier alpha value is 0.730. The van der Waals surface area contributed by atoms with E-state index in [1.165, 1.54) is 19.3 Å². The highest BCUT2D eigenvalue weighted by atomic mass is 127. The monoisotopic (exact) mass is 224 g/mol. The first-order valence-electron chi connectivity index (χ1n) is 3.24. The van der Waals surface area contributed by atoms with Crippen LogP contribution in [0.15, 0.2) is 0 Å². The third kappa shape index (κ3) is 1.61. The van der Waals surface area contributed by atoms with E-state index in [1.54, 1.807) is 0 Å². The standard InChI is InChI=1S/C7H13I/c1-7(2)4-3-6(8)5-7/h6H,3-5H2,1-2H3. The molecule has 0 aromatic rings. The van der Waals surface area contributed by atoms with E-state index in [-0.39, 0.29) is 0 Å². The van der Waals surface area contributed by atoms with Gasteiger partial charge in [-0.3, -0.25) is 0 Å². The molecule has 1 fully saturated rings. The fraction of sp³-hybridized carbons (Fsp3) is 1.00. The van der Waals surface area contributed by atoms with Crippen molar-refractivity contribution in [2.45, 2.75) is 37.0 Å². The van der Waals surface area contributed by atoms with Crippen LogP contribution in [0, 0.1) is 5.41 Å². The van der Waals surface area contributed by atoms with Gasteiger partial charge in [-0.15, -0.1) is 0 Å². The first kappa shape index (κ1) is 6.84. The van der Waals surface area contributed by atoms with Gasteiger partial charge < -0.3 is 0 Å². The van der Waals surface area contributed by atoms with Gasteiger partial charge in [-0.25, -0.2) is 0 Å². The van der Waals surface area contributed by atoms with E-state index in [2.05, 4.69) is 36.4 Å². The van der Waals surface area contributed by atoms with Gasteiger partial charge in [0.25, 0.3) is 0 Å². The summed E-state index contributed by atoms with van der Waals surface area (Å²) in [6, 6.07) is 0. The summed E-state index contributed by atoms with van der Waals surface area (Å²) >= 11 is 2.56. The largest absolute Gasteiger partial charge is 0.0826 e. The van der Waals surface area contributed by atoms with E-state index >= 15 is 0 Å². The van der Waals surface area contributed by atoms with E-state index in [9.17, 15) is 0 Å².